The molecule has 4 rings (SSSR count). The van der Waals surface area contributed by atoms with Crippen LogP contribution in [0.3, 0.4) is 0 Å². The van der Waals surface area contributed by atoms with E-state index in [4.69, 9.17) is 9.73 Å². The van der Waals surface area contributed by atoms with Gasteiger partial charge >= 0.3 is 0 Å². The standard InChI is InChI=1S/C41H57NO/c1-30(2)17-14-18-31(3)19-15-20-32(4)21-16-27-41(7)28-26-37-34(6)38(29-33(5)40(37)43-41)42-39(35-22-10-8-11-23-35)36-24-12-9-13-25-36/h8-13,22-25,29-32H,14-21,26-28H2,1-7H3/t31-,32-,41-/m1/s1. The lowest BCUT2D eigenvalue weighted by atomic mass is 9.84. The third-order valence-corrected chi connectivity index (χ3v) is 9.68. The number of hydrogen-bond acceptors (Lipinski definition) is 2. The third kappa shape index (κ3) is 9.56. The molecular weight excluding hydrogens is 522 g/mol. The SMILES string of the molecule is Cc1cc(N=C(c2ccccc2)c2ccccc2)c(C)c2c1O[C@](C)(CCC[C@H](C)CCC[C@H](C)CCCC(C)C)CC2. The number of rotatable bonds is 15. The Bertz CT molecular complexity index is 1270. The first-order chi connectivity index (χ1) is 20.6. The molecule has 0 aliphatic carbocycles. The molecule has 1 heterocycles. The Kier molecular flexibility index (Phi) is 12.1. The van der Waals surface area contributed by atoms with Gasteiger partial charge in [0.15, 0.2) is 0 Å². The van der Waals surface area contributed by atoms with E-state index in [0.29, 0.717) is 0 Å². The van der Waals surface area contributed by atoms with Gasteiger partial charge in [-0.15, -0.1) is 0 Å². The van der Waals surface area contributed by atoms with Gasteiger partial charge in [-0.1, -0.05) is 133 Å². The van der Waals surface area contributed by atoms with Crippen LogP contribution < -0.4 is 4.74 Å². The van der Waals surface area contributed by atoms with Crippen LogP contribution in [0.5, 0.6) is 5.75 Å². The Morgan fingerprint density at radius 2 is 1.30 bits per heavy atom. The van der Waals surface area contributed by atoms with Gasteiger partial charge in [-0.25, -0.2) is 4.99 Å². The highest BCUT2D eigenvalue weighted by Gasteiger charge is 2.33. The quantitative estimate of drug-likeness (QED) is 0.164. The van der Waals surface area contributed by atoms with Crippen LogP contribution in [-0.2, 0) is 6.42 Å². The van der Waals surface area contributed by atoms with Crippen LogP contribution in [0.15, 0.2) is 71.7 Å². The Balaban J connectivity index is 1.36. The molecule has 0 saturated heterocycles. The number of aryl methyl sites for hydroxylation is 1. The smallest absolute Gasteiger partial charge is 0.126 e. The molecule has 3 atom stereocenters. The van der Waals surface area contributed by atoms with E-state index < -0.39 is 0 Å². The van der Waals surface area contributed by atoms with Gasteiger partial charge in [-0.3, -0.25) is 0 Å². The van der Waals surface area contributed by atoms with Crippen molar-refractivity contribution in [2.24, 2.45) is 22.7 Å². The molecule has 2 heteroatoms. The fourth-order valence-corrected chi connectivity index (χ4v) is 6.77. The summed E-state index contributed by atoms with van der Waals surface area (Å²) in [6.07, 6.45) is 14.1. The van der Waals surface area contributed by atoms with Crippen LogP contribution in [0.4, 0.5) is 5.69 Å². The van der Waals surface area contributed by atoms with Crippen molar-refractivity contribution in [2.75, 3.05) is 0 Å². The van der Waals surface area contributed by atoms with Crippen LogP contribution >= 0.6 is 0 Å². The minimum Gasteiger partial charge on any atom is -0.487 e. The molecule has 232 valence electrons. The molecule has 0 bridgehead atoms. The summed E-state index contributed by atoms with van der Waals surface area (Å²) in [6.45, 7) is 16.3. The average molecular weight is 580 g/mol. The summed E-state index contributed by atoms with van der Waals surface area (Å²) in [4.78, 5) is 5.29. The van der Waals surface area contributed by atoms with Gasteiger partial charge in [0.1, 0.15) is 11.4 Å². The Morgan fingerprint density at radius 1 is 0.767 bits per heavy atom. The molecule has 0 fully saturated rings. The molecule has 0 amide bonds. The van der Waals surface area contributed by atoms with Crippen molar-refractivity contribution in [1.82, 2.24) is 0 Å². The van der Waals surface area contributed by atoms with Gasteiger partial charge < -0.3 is 4.74 Å². The van der Waals surface area contributed by atoms with Crippen LogP contribution in [0.25, 0.3) is 0 Å². The van der Waals surface area contributed by atoms with Crippen LogP contribution in [0, 0.1) is 31.6 Å². The maximum absolute atomic E-state index is 6.86. The number of hydrogen-bond donors (Lipinski definition) is 0. The molecular formula is C41H57NO. The molecule has 0 radical (unpaired) electrons. The number of aliphatic imine (C=N–C) groups is 1. The maximum atomic E-state index is 6.86. The summed E-state index contributed by atoms with van der Waals surface area (Å²) in [5, 5.41) is 0. The fourth-order valence-electron chi connectivity index (χ4n) is 6.77. The first-order valence-electron chi connectivity index (χ1n) is 17.2. The number of nitrogens with zero attached hydrogens (tertiary/aromatic N) is 1. The molecule has 0 unspecified atom stereocenters. The fraction of sp³-hybridized carbons (Fsp3) is 0.537. The van der Waals surface area contributed by atoms with Crippen molar-refractivity contribution in [1.29, 1.82) is 0 Å². The van der Waals surface area contributed by atoms with Gasteiger partial charge in [0, 0.05) is 11.1 Å². The first kappa shape index (κ1) is 33.0. The van der Waals surface area contributed by atoms with E-state index in [0.717, 1.165) is 65.3 Å². The van der Waals surface area contributed by atoms with E-state index in [1.807, 2.05) is 0 Å². The first-order valence-corrected chi connectivity index (χ1v) is 17.2. The third-order valence-electron chi connectivity index (χ3n) is 9.68. The van der Waals surface area contributed by atoms with Crippen LogP contribution in [0.1, 0.15) is 127 Å². The van der Waals surface area contributed by atoms with Crippen molar-refractivity contribution in [3.63, 3.8) is 0 Å². The summed E-state index contributed by atoms with van der Waals surface area (Å²) in [7, 11) is 0. The summed E-state index contributed by atoms with van der Waals surface area (Å²) in [5.41, 5.74) is 8.04. The molecule has 43 heavy (non-hydrogen) atoms. The lowest BCUT2D eigenvalue weighted by Crippen LogP contribution is -2.37. The van der Waals surface area contributed by atoms with E-state index in [1.54, 1.807) is 0 Å². The van der Waals surface area contributed by atoms with E-state index in [9.17, 15) is 0 Å². The van der Waals surface area contributed by atoms with Crippen LogP contribution in [0.2, 0.25) is 0 Å². The zero-order valence-electron chi connectivity index (χ0n) is 28.2. The Hall–Kier alpha value is -2.87. The lowest BCUT2D eigenvalue weighted by molar-refractivity contribution is 0.0514. The molecule has 0 saturated carbocycles. The van der Waals surface area contributed by atoms with Gasteiger partial charge in [-0.2, -0.15) is 0 Å². The van der Waals surface area contributed by atoms with Gasteiger partial charge in [0.05, 0.1) is 11.4 Å². The minimum atomic E-state index is -0.0845. The highest BCUT2D eigenvalue weighted by Crippen LogP contribution is 2.43. The van der Waals surface area contributed by atoms with Crippen LogP contribution in [-0.4, -0.2) is 11.3 Å². The van der Waals surface area contributed by atoms with Crippen molar-refractivity contribution >= 4 is 11.4 Å². The second-order valence-corrected chi connectivity index (χ2v) is 14.2. The second kappa shape index (κ2) is 15.7. The molecule has 0 N–H and O–H groups in total. The van der Waals surface area contributed by atoms with Crippen molar-refractivity contribution in [3.05, 3.63) is 94.5 Å². The predicted molar refractivity (Wildman–Crippen MR) is 186 cm³/mol. The largest absolute Gasteiger partial charge is 0.487 e. The van der Waals surface area contributed by atoms with Gasteiger partial charge in [-0.05, 0) is 87.0 Å². The van der Waals surface area contributed by atoms with E-state index in [-0.39, 0.29) is 5.60 Å². The lowest BCUT2D eigenvalue weighted by Gasteiger charge is -2.38. The summed E-state index contributed by atoms with van der Waals surface area (Å²) < 4.78 is 6.86. The minimum absolute atomic E-state index is 0.0845. The molecule has 0 aromatic heterocycles. The molecule has 0 spiro atoms. The number of fused-ring (bicyclic) bond motifs is 1. The highest BCUT2D eigenvalue weighted by molar-refractivity contribution is 6.14. The zero-order valence-corrected chi connectivity index (χ0v) is 28.2. The Labute approximate surface area is 263 Å². The number of ether oxygens (including phenoxy) is 1. The number of benzene rings is 3. The average Bonchev–Trinajstić information content (AvgIpc) is 2.99. The maximum Gasteiger partial charge on any atom is 0.126 e. The van der Waals surface area contributed by atoms with Gasteiger partial charge in [0.2, 0.25) is 0 Å². The Morgan fingerprint density at radius 3 is 1.86 bits per heavy atom. The summed E-state index contributed by atoms with van der Waals surface area (Å²) in [6, 6.07) is 23.3. The van der Waals surface area contributed by atoms with E-state index in [2.05, 4.69) is 115 Å². The molecule has 1 aliphatic rings. The zero-order chi connectivity index (χ0) is 30.8. The highest BCUT2D eigenvalue weighted by atomic mass is 16.5. The normalized spacial score (nSPS) is 17.7. The molecule has 3 aromatic carbocycles. The van der Waals surface area contributed by atoms with Gasteiger partial charge in [0.25, 0.3) is 0 Å². The monoisotopic (exact) mass is 579 g/mol. The molecule has 2 nitrogen and oxygen atoms in total. The summed E-state index contributed by atoms with van der Waals surface area (Å²) >= 11 is 0. The second-order valence-electron chi connectivity index (χ2n) is 14.2. The van der Waals surface area contributed by atoms with Crippen molar-refractivity contribution < 1.29 is 4.74 Å². The predicted octanol–water partition coefficient (Wildman–Crippen LogP) is 12.0. The molecule has 1 aliphatic heterocycles. The van der Waals surface area contributed by atoms with E-state index in [1.165, 1.54) is 68.1 Å². The van der Waals surface area contributed by atoms with Crippen molar-refractivity contribution in [2.45, 2.75) is 125 Å². The van der Waals surface area contributed by atoms with E-state index >= 15 is 0 Å². The topological polar surface area (TPSA) is 21.6 Å². The molecule has 3 aromatic rings. The van der Waals surface area contributed by atoms with Crippen molar-refractivity contribution in [3.8, 4) is 5.75 Å². The summed E-state index contributed by atoms with van der Waals surface area (Å²) in [5.74, 6) is 3.62.